The summed E-state index contributed by atoms with van der Waals surface area (Å²) in [4.78, 5) is 17.9. The zero-order valence-electron chi connectivity index (χ0n) is 14.6. The van der Waals surface area contributed by atoms with Crippen molar-refractivity contribution in [2.24, 2.45) is 0 Å². The summed E-state index contributed by atoms with van der Waals surface area (Å²) in [6, 6.07) is 15.0. The van der Waals surface area contributed by atoms with Crippen LogP contribution in [0.25, 0.3) is 0 Å². The van der Waals surface area contributed by atoms with Crippen LogP contribution in [0, 0.1) is 0 Å². The monoisotopic (exact) mass is 433 g/mol. The van der Waals surface area contributed by atoms with Crippen LogP contribution in [-0.4, -0.2) is 30.2 Å². The SMILES string of the molecule is O=C(Nc1nc2c(s1)CN(S(=O)(=O)c1ccccc1)CC2)c1ccc(Cl)cc1. The first-order valence-corrected chi connectivity index (χ1v) is 11.2. The van der Waals surface area contributed by atoms with Gasteiger partial charge in [-0.2, -0.15) is 4.31 Å². The fraction of sp³-hybridized carbons (Fsp3) is 0.158. The highest BCUT2D eigenvalue weighted by Gasteiger charge is 2.30. The molecule has 1 aliphatic heterocycles. The van der Waals surface area contributed by atoms with E-state index in [2.05, 4.69) is 10.3 Å². The van der Waals surface area contributed by atoms with Crippen molar-refractivity contribution in [1.29, 1.82) is 0 Å². The van der Waals surface area contributed by atoms with E-state index in [1.807, 2.05) is 0 Å². The van der Waals surface area contributed by atoms with E-state index >= 15 is 0 Å². The quantitative estimate of drug-likeness (QED) is 0.678. The fourth-order valence-electron chi connectivity index (χ4n) is 2.94. The average molecular weight is 434 g/mol. The second kappa shape index (κ2) is 7.63. The van der Waals surface area contributed by atoms with Crippen LogP contribution in [-0.2, 0) is 23.0 Å². The Bertz CT molecular complexity index is 1110. The van der Waals surface area contributed by atoms with Crippen LogP contribution < -0.4 is 5.32 Å². The molecular formula is C19H16ClN3O3S2. The molecule has 28 heavy (non-hydrogen) atoms. The minimum Gasteiger partial charge on any atom is -0.298 e. The molecule has 0 saturated carbocycles. The van der Waals surface area contributed by atoms with E-state index in [0.29, 0.717) is 28.7 Å². The molecule has 0 bridgehead atoms. The van der Waals surface area contributed by atoms with Crippen LogP contribution in [0.4, 0.5) is 5.13 Å². The highest BCUT2D eigenvalue weighted by Crippen LogP contribution is 2.31. The van der Waals surface area contributed by atoms with Crippen LogP contribution in [0.1, 0.15) is 20.9 Å². The third-order valence-corrected chi connectivity index (χ3v) is 7.51. The molecule has 0 fully saturated rings. The summed E-state index contributed by atoms with van der Waals surface area (Å²) in [6.45, 7) is 0.611. The number of carbonyl (C=O) groups excluding carboxylic acids is 1. The van der Waals surface area contributed by atoms with Gasteiger partial charge in [-0.15, -0.1) is 11.3 Å². The Hall–Kier alpha value is -2.26. The molecule has 1 aromatic heterocycles. The van der Waals surface area contributed by atoms with Gasteiger partial charge in [0.15, 0.2) is 5.13 Å². The third-order valence-electron chi connectivity index (χ3n) is 4.40. The van der Waals surface area contributed by atoms with Crippen molar-refractivity contribution in [3.05, 3.63) is 75.8 Å². The van der Waals surface area contributed by atoms with Gasteiger partial charge in [0.2, 0.25) is 10.0 Å². The average Bonchev–Trinajstić information content (AvgIpc) is 3.10. The Kier molecular flexibility index (Phi) is 5.20. The van der Waals surface area contributed by atoms with E-state index in [0.717, 1.165) is 10.6 Å². The number of hydrogen-bond donors (Lipinski definition) is 1. The van der Waals surface area contributed by atoms with Crippen LogP contribution >= 0.6 is 22.9 Å². The lowest BCUT2D eigenvalue weighted by Crippen LogP contribution is -2.35. The topological polar surface area (TPSA) is 79.4 Å². The molecule has 0 saturated heterocycles. The molecular weight excluding hydrogens is 418 g/mol. The number of fused-ring (bicyclic) bond motifs is 1. The molecule has 0 atom stereocenters. The first-order chi connectivity index (χ1) is 13.4. The fourth-order valence-corrected chi connectivity index (χ4v) is 5.60. The number of sulfonamides is 1. The van der Waals surface area contributed by atoms with Crippen LogP contribution in [0.3, 0.4) is 0 Å². The number of thiazole rings is 1. The molecule has 1 amide bonds. The van der Waals surface area contributed by atoms with Crippen molar-refractivity contribution in [2.45, 2.75) is 17.9 Å². The van der Waals surface area contributed by atoms with E-state index in [9.17, 15) is 13.2 Å². The van der Waals surface area contributed by atoms with Crippen molar-refractivity contribution < 1.29 is 13.2 Å². The summed E-state index contributed by atoms with van der Waals surface area (Å²) in [6.07, 6.45) is 0.509. The summed E-state index contributed by atoms with van der Waals surface area (Å²) >= 11 is 7.15. The Balaban J connectivity index is 1.51. The molecule has 144 valence electrons. The van der Waals surface area contributed by atoms with Crippen LogP contribution in [0.15, 0.2) is 59.5 Å². The lowest BCUT2D eigenvalue weighted by molar-refractivity contribution is 0.102. The summed E-state index contributed by atoms with van der Waals surface area (Å²) in [5, 5.41) is 3.80. The number of rotatable bonds is 4. The van der Waals surface area contributed by atoms with Gasteiger partial charge in [0.1, 0.15) is 0 Å². The number of halogens is 1. The number of nitrogens with one attached hydrogen (secondary N) is 1. The number of nitrogens with zero attached hydrogens (tertiary/aromatic N) is 2. The minimum absolute atomic E-state index is 0.251. The molecule has 0 aliphatic carbocycles. The molecule has 1 N–H and O–H groups in total. The van der Waals surface area contributed by atoms with E-state index in [1.165, 1.54) is 15.6 Å². The summed E-state index contributed by atoms with van der Waals surface area (Å²) in [5.41, 5.74) is 1.31. The highest BCUT2D eigenvalue weighted by molar-refractivity contribution is 7.89. The van der Waals surface area contributed by atoms with Crippen molar-refractivity contribution in [3.63, 3.8) is 0 Å². The van der Waals surface area contributed by atoms with Gasteiger partial charge in [-0.3, -0.25) is 10.1 Å². The normalized spacial score (nSPS) is 14.5. The Morgan fingerprint density at radius 2 is 1.82 bits per heavy atom. The number of anilines is 1. The highest BCUT2D eigenvalue weighted by atomic mass is 35.5. The van der Waals surface area contributed by atoms with Gasteiger partial charge >= 0.3 is 0 Å². The number of carbonyl (C=O) groups is 1. The van der Waals surface area contributed by atoms with Gasteiger partial charge in [0.25, 0.3) is 5.91 Å². The molecule has 0 radical (unpaired) electrons. The standard InChI is InChI=1S/C19H16ClN3O3S2/c20-14-8-6-13(7-9-14)18(24)22-19-21-16-10-11-23(12-17(16)27-19)28(25,26)15-4-2-1-3-5-15/h1-9H,10-12H2,(H,21,22,24). The van der Waals surface area contributed by atoms with Crippen LogP contribution in [0.5, 0.6) is 0 Å². The van der Waals surface area contributed by atoms with Crippen molar-refractivity contribution in [3.8, 4) is 0 Å². The number of benzene rings is 2. The first-order valence-electron chi connectivity index (χ1n) is 8.54. The summed E-state index contributed by atoms with van der Waals surface area (Å²) < 4.78 is 27.1. The van der Waals surface area contributed by atoms with Gasteiger partial charge in [-0.05, 0) is 36.4 Å². The summed E-state index contributed by atoms with van der Waals surface area (Å²) in [5.74, 6) is -0.281. The van der Waals surface area contributed by atoms with E-state index < -0.39 is 10.0 Å². The maximum absolute atomic E-state index is 12.8. The van der Waals surface area contributed by atoms with Gasteiger partial charge in [-0.25, -0.2) is 13.4 Å². The molecule has 9 heteroatoms. The maximum Gasteiger partial charge on any atom is 0.257 e. The molecule has 0 spiro atoms. The number of hydrogen-bond acceptors (Lipinski definition) is 5. The second-order valence-corrected chi connectivity index (χ2v) is 9.71. The lowest BCUT2D eigenvalue weighted by atomic mass is 10.2. The largest absolute Gasteiger partial charge is 0.298 e. The minimum atomic E-state index is -3.55. The van der Waals surface area contributed by atoms with Crippen LogP contribution in [0.2, 0.25) is 5.02 Å². The maximum atomic E-state index is 12.8. The molecule has 4 rings (SSSR count). The van der Waals surface area contributed by atoms with E-state index in [-0.39, 0.29) is 17.3 Å². The Morgan fingerprint density at radius 1 is 1.11 bits per heavy atom. The van der Waals surface area contributed by atoms with E-state index in [1.54, 1.807) is 54.6 Å². The van der Waals surface area contributed by atoms with E-state index in [4.69, 9.17) is 11.6 Å². The Morgan fingerprint density at radius 3 is 2.54 bits per heavy atom. The Labute approximate surface area is 171 Å². The van der Waals surface area contributed by atoms with Crippen molar-refractivity contribution in [2.75, 3.05) is 11.9 Å². The van der Waals surface area contributed by atoms with Crippen molar-refractivity contribution in [1.82, 2.24) is 9.29 Å². The van der Waals surface area contributed by atoms with Crippen molar-refractivity contribution >= 4 is 44.0 Å². The molecule has 6 nitrogen and oxygen atoms in total. The molecule has 2 aromatic carbocycles. The van der Waals surface area contributed by atoms with Gasteiger partial charge in [0, 0.05) is 28.4 Å². The van der Waals surface area contributed by atoms with Gasteiger partial charge in [-0.1, -0.05) is 29.8 Å². The number of aromatic nitrogens is 1. The third kappa shape index (κ3) is 3.81. The molecule has 0 unspecified atom stereocenters. The van der Waals surface area contributed by atoms with Gasteiger partial charge < -0.3 is 0 Å². The summed E-state index contributed by atoms with van der Waals surface area (Å²) in [7, 11) is -3.55. The smallest absolute Gasteiger partial charge is 0.257 e. The predicted octanol–water partition coefficient (Wildman–Crippen LogP) is 3.80. The zero-order chi connectivity index (χ0) is 19.7. The van der Waals surface area contributed by atoms with Gasteiger partial charge in [0.05, 0.1) is 17.1 Å². The molecule has 2 heterocycles. The molecule has 1 aliphatic rings. The second-order valence-electron chi connectivity index (χ2n) is 6.25. The molecule has 3 aromatic rings. The predicted molar refractivity (Wildman–Crippen MR) is 109 cm³/mol. The first kappa shape index (κ1) is 19.1. The zero-order valence-corrected chi connectivity index (χ0v) is 17.0. The lowest BCUT2D eigenvalue weighted by Gasteiger charge is -2.25. The number of amides is 1.